The van der Waals surface area contributed by atoms with Gasteiger partial charge in [0.1, 0.15) is 0 Å². The fourth-order valence-corrected chi connectivity index (χ4v) is 6.13. The Hall–Kier alpha value is -5.86. The SMILES string of the molecule is c1ccc(Nc2ccc(-c3ccc4[nH]c5ccccc5c4c3)cc2-c2ccc(-c3cccc(-c4ccccc4)c3)cc2)cc1. The summed E-state index contributed by atoms with van der Waals surface area (Å²) in [5, 5.41) is 6.16. The first-order valence-electron chi connectivity index (χ1n) is 15.0. The Morgan fingerprint density at radius 2 is 0.886 bits per heavy atom. The molecule has 2 N–H and O–H groups in total. The Morgan fingerprint density at radius 3 is 1.68 bits per heavy atom. The van der Waals surface area contributed by atoms with Gasteiger partial charge in [-0.2, -0.15) is 0 Å². The molecule has 0 amide bonds. The van der Waals surface area contributed by atoms with Crippen LogP contribution in [0.4, 0.5) is 11.4 Å². The molecule has 0 aliphatic rings. The normalized spacial score (nSPS) is 11.2. The fraction of sp³-hybridized carbons (Fsp3) is 0. The van der Waals surface area contributed by atoms with Crippen molar-refractivity contribution >= 4 is 33.2 Å². The molecule has 8 rings (SSSR count). The number of aromatic amines is 1. The van der Waals surface area contributed by atoms with E-state index in [-0.39, 0.29) is 0 Å². The maximum atomic E-state index is 3.67. The van der Waals surface area contributed by atoms with Crippen LogP contribution < -0.4 is 5.32 Å². The number of para-hydroxylation sites is 2. The van der Waals surface area contributed by atoms with Crippen molar-refractivity contribution in [3.63, 3.8) is 0 Å². The molecule has 0 spiro atoms. The number of anilines is 2. The van der Waals surface area contributed by atoms with Crippen molar-refractivity contribution in [3.8, 4) is 44.5 Å². The minimum absolute atomic E-state index is 1.07. The minimum atomic E-state index is 1.07. The third-order valence-electron chi connectivity index (χ3n) is 8.41. The van der Waals surface area contributed by atoms with Gasteiger partial charge >= 0.3 is 0 Å². The molecule has 1 heterocycles. The maximum Gasteiger partial charge on any atom is 0.0465 e. The van der Waals surface area contributed by atoms with Gasteiger partial charge in [-0.1, -0.05) is 121 Å². The standard InChI is InChI=1S/C42H30N2/c1-3-10-29(11-4-1)32-12-9-13-33(26-32)30-18-20-31(21-19-30)38-27-34(22-24-41(38)43-36-14-5-2-6-15-36)35-23-25-42-39(28-35)37-16-7-8-17-40(37)44-42/h1-28,43-44H. The summed E-state index contributed by atoms with van der Waals surface area (Å²) in [5.41, 5.74) is 14.0. The molecule has 44 heavy (non-hydrogen) atoms. The van der Waals surface area contributed by atoms with Crippen LogP contribution in [0, 0.1) is 0 Å². The lowest BCUT2D eigenvalue weighted by molar-refractivity contribution is 1.52. The number of hydrogen-bond donors (Lipinski definition) is 2. The Bertz CT molecular complexity index is 2230. The number of nitrogens with one attached hydrogen (secondary N) is 2. The van der Waals surface area contributed by atoms with E-state index in [1.807, 2.05) is 6.07 Å². The van der Waals surface area contributed by atoms with E-state index >= 15 is 0 Å². The van der Waals surface area contributed by atoms with E-state index in [1.165, 1.54) is 49.7 Å². The predicted octanol–water partition coefficient (Wildman–Crippen LogP) is 11.7. The monoisotopic (exact) mass is 562 g/mol. The molecular weight excluding hydrogens is 532 g/mol. The average molecular weight is 563 g/mol. The largest absolute Gasteiger partial charge is 0.355 e. The zero-order valence-electron chi connectivity index (χ0n) is 24.2. The van der Waals surface area contributed by atoms with Crippen LogP contribution in [0.25, 0.3) is 66.3 Å². The van der Waals surface area contributed by atoms with Crippen molar-refractivity contribution in [2.45, 2.75) is 0 Å². The highest BCUT2D eigenvalue weighted by Crippen LogP contribution is 2.37. The first-order chi connectivity index (χ1) is 21.8. The zero-order chi connectivity index (χ0) is 29.3. The fourth-order valence-electron chi connectivity index (χ4n) is 6.13. The zero-order valence-corrected chi connectivity index (χ0v) is 24.2. The highest BCUT2D eigenvalue weighted by atomic mass is 14.9. The molecule has 1 aromatic heterocycles. The molecule has 0 aliphatic heterocycles. The van der Waals surface area contributed by atoms with Gasteiger partial charge in [0.05, 0.1) is 0 Å². The molecule has 0 atom stereocenters. The van der Waals surface area contributed by atoms with Crippen molar-refractivity contribution < 1.29 is 0 Å². The summed E-state index contributed by atoms with van der Waals surface area (Å²) >= 11 is 0. The number of fused-ring (bicyclic) bond motifs is 3. The van der Waals surface area contributed by atoms with Gasteiger partial charge in [-0.05, 0) is 87.5 Å². The van der Waals surface area contributed by atoms with E-state index in [0.29, 0.717) is 0 Å². The van der Waals surface area contributed by atoms with Gasteiger partial charge < -0.3 is 10.3 Å². The molecule has 208 valence electrons. The molecule has 2 nitrogen and oxygen atoms in total. The number of aromatic nitrogens is 1. The molecule has 0 aliphatic carbocycles. The summed E-state index contributed by atoms with van der Waals surface area (Å²) in [6, 6.07) is 60.6. The van der Waals surface area contributed by atoms with Gasteiger partial charge in [-0.25, -0.2) is 0 Å². The number of benzene rings is 7. The van der Waals surface area contributed by atoms with Crippen LogP contribution in [0.3, 0.4) is 0 Å². The maximum absolute atomic E-state index is 3.67. The second-order valence-corrected chi connectivity index (χ2v) is 11.2. The van der Waals surface area contributed by atoms with E-state index < -0.39 is 0 Å². The van der Waals surface area contributed by atoms with Crippen molar-refractivity contribution in [1.82, 2.24) is 4.98 Å². The van der Waals surface area contributed by atoms with Crippen molar-refractivity contribution in [2.75, 3.05) is 5.32 Å². The summed E-state index contributed by atoms with van der Waals surface area (Å²) < 4.78 is 0. The van der Waals surface area contributed by atoms with E-state index in [9.17, 15) is 0 Å². The van der Waals surface area contributed by atoms with Crippen LogP contribution in [-0.4, -0.2) is 4.98 Å². The topological polar surface area (TPSA) is 27.8 Å². The quantitative estimate of drug-likeness (QED) is 0.207. The van der Waals surface area contributed by atoms with E-state index in [4.69, 9.17) is 0 Å². The Balaban J connectivity index is 1.19. The summed E-state index contributed by atoms with van der Waals surface area (Å²) in [5.74, 6) is 0. The molecule has 7 aromatic carbocycles. The van der Waals surface area contributed by atoms with Crippen LogP contribution in [0.2, 0.25) is 0 Å². The van der Waals surface area contributed by atoms with Gasteiger partial charge in [0.25, 0.3) is 0 Å². The van der Waals surface area contributed by atoms with E-state index in [1.54, 1.807) is 0 Å². The van der Waals surface area contributed by atoms with Crippen LogP contribution >= 0.6 is 0 Å². The van der Waals surface area contributed by atoms with E-state index in [2.05, 4.69) is 174 Å². The highest BCUT2D eigenvalue weighted by Gasteiger charge is 2.12. The first kappa shape index (κ1) is 25.8. The second kappa shape index (κ2) is 11.1. The Kier molecular flexibility index (Phi) is 6.51. The molecular formula is C42H30N2. The van der Waals surface area contributed by atoms with Crippen molar-refractivity contribution in [1.29, 1.82) is 0 Å². The number of rotatable bonds is 6. The highest BCUT2D eigenvalue weighted by molar-refractivity contribution is 6.08. The third-order valence-corrected chi connectivity index (χ3v) is 8.41. The summed E-state index contributed by atoms with van der Waals surface area (Å²) in [4.78, 5) is 3.55. The number of H-pyrrole nitrogens is 1. The molecule has 0 bridgehead atoms. The van der Waals surface area contributed by atoms with Gasteiger partial charge in [0, 0.05) is 38.7 Å². The number of hydrogen-bond acceptors (Lipinski definition) is 1. The van der Waals surface area contributed by atoms with Crippen LogP contribution in [-0.2, 0) is 0 Å². The van der Waals surface area contributed by atoms with Crippen LogP contribution in [0.5, 0.6) is 0 Å². The van der Waals surface area contributed by atoms with Crippen molar-refractivity contribution in [3.05, 3.63) is 170 Å². The first-order valence-corrected chi connectivity index (χ1v) is 15.0. The summed E-state index contributed by atoms with van der Waals surface area (Å²) in [6.07, 6.45) is 0. The van der Waals surface area contributed by atoms with Crippen LogP contribution in [0.1, 0.15) is 0 Å². The van der Waals surface area contributed by atoms with Gasteiger partial charge in [-0.3, -0.25) is 0 Å². The lowest BCUT2D eigenvalue weighted by Crippen LogP contribution is -1.94. The molecule has 0 saturated carbocycles. The van der Waals surface area contributed by atoms with Gasteiger partial charge in [0.2, 0.25) is 0 Å². The summed E-state index contributed by atoms with van der Waals surface area (Å²) in [7, 11) is 0. The molecule has 0 radical (unpaired) electrons. The van der Waals surface area contributed by atoms with Crippen LogP contribution in [0.15, 0.2) is 170 Å². The third kappa shape index (κ3) is 4.93. The second-order valence-electron chi connectivity index (χ2n) is 11.2. The van der Waals surface area contributed by atoms with Crippen molar-refractivity contribution in [2.24, 2.45) is 0 Å². The average Bonchev–Trinajstić information content (AvgIpc) is 3.47. The smallest absolute Gasteiger partial charge is 0.0465 e. The molecule has 0 unspecified atom stereocenters. The molecule has 2 heteroatoms. The lowest BCUT2D eigenvalue weighted by atomic mass is 9.94. The van der Waals surface area contributed by atoms with Gasteiger partial charge in [0.15, 0.2) is 0 Å². The molecule has 0 saturated heterocycles. The minimum Gasteiger partial charge on any atom is -0.355 e. The summed E-state index contributed by atoms with van der Waals surface area (Å²) in [6.45, 7) is 0. The Morgan fingerprint density at radius 1 is 0.341 bits per heavy atom. The molecule has 0 fully saturated rings. The molecule has 8 aromatic rings. The van der Waals surface area contributed by atoms with E-state index in [0.717, 1.165) is 28.0 Å². The Labute approximate surface area is 257 Å². The predicted molar refractivity (Wildman–Crippen MR) is 187 cm³/mol. The lowest BCUT2D eigenvalue weighted by Gasteiger charge is -2.15. The van der Waals surface area contributed by atoms with Gasteiger partial charge in [-0.15, -0.1) is 0 Å².